The lowest BCUT2D eigenvalue weighted by Crippen LogP contribution is -3.00. The van der Waals surface area contributed by atoms with E-state index in [4.69, 9.17) is 23.2 Å². The summed E-state index contributed by atoms with van der Waals surface area (Å²) >= 11 is 12.7. The summed E-state index contributed by atoms with van der Waals surface area (Å²) in [5.74, 6) is 2.29. The van der Waals surface area contributed by atoms with E-state index >= 15 is 0 Å². The number of carbonyl (C=O) groups is 1. The summed E-state index contributed by atoms with van der Waals surface area (Å²) in [5, 5.41) is 4.06. The average Bonchev–Trinajstić information content (AvgIpc) is 3.46. The van der Waals surface area contributed by atoms with E-state index in [0.717, 1.165) is 61.0 Å². The molecule has 0 aliphatic carbocycles. The fraction of sp³-hybridized carbons (Fsp3) is 0.333. The number of carbonyl (C=O) groups excluding carboxylic acids is 1. The van der Waals surface area contributed by atoms with Crippen LogP contribution in [0.2, 0.25) is 10.0 Å². The van der Waals surface area contributed by atoms with Gasteiger partial charge in [0.2, 0.25) is 5.91 Å². The molecule has 0 fully saturated rings. The molecule has 5 rings (SSSR count). The molecule has 0 saturated carbocycles. The third-order valence-electron chi connectivity index (χ3n) is 6.82. The molecular formula is C27H30Cl2IN5O. The van der Waals surface area contributed by atoms with Gasteiger partial charge in [-0.25, -0.2) is 9.13 Å². The maximum atomic E-state index is 11.6. The van der Waals surface area contributed by atoms with Gasteiger partial charge >= 0.3 is 0 Å². The maximum Gasteiger partial charge on any atom is 0.285 e. The first-order valence-electron chi connectivity index (χ1n) is 12.2. The van der Waals surface area contributed by atoms with Crippen LogP contribution >= 0.6 is 23.2 Å². The van der Waals surface area contributed by atoms with Crippen LogP contribution < -0.4 is 43.7 Å². The molecule has 0 radical (unpaired) electrons. The van der Waals surface area contributed by atoms with Crippen molar-refractivity contribution < 1.29 is 33.3 Å². The minimum atomic E-state index is -0.0609. The summed E-state index contributed by atoms with van der Waals surface area (Å²) in [7, 11) is 0. The number of nitrogens with one attached hydrogen (secondary N) is 1. The number of anilines is 3. The molecule has 1 aromatic heterocycles. The third kappa shape index (κ3) is 4.39. The molecule has 3 heterocycles. The Morgan fingerprint density at radius 2 is 1.67 bits per heavy atom. The summed E-state index contributed by atoms with van der Waals surface area (Å²) in [6, 6.07) is 10.1. The Morgan fingerprint density at radius 1 is 1.03 bits per heavy atom. The van der Waals surface area contributed by atoms with Crippen LogP contribution in [-0.4, -0.2) is 23.6 Å². The van der Waals surface area contributed by atoms with Crippen molar-refractivity contribution in [2.24, 2.45) is 0 Å². The zero-order valence-electron chi connectivity index (χ0n) is 20.9. The number of nitrogens with zero attached hydrogens (tertiary/aromatic N) is 4. The lowest BCUT2D eigenvalue weighted by Gasteiger charge is -2.23. The largest absolute Gasteiger partial charge is 1.00 e. The van der Waals surface area contributed by atoms with Crippen molar-refractivity contribution in [3.8, 4) is 0 Å². The van der Waals surface area contributed by atoms with Crippen molar-refractivity contribution in [3.05, 3.63) is 64.2 Å². The van der Waals surface area contributed by atoms with Crippen LogP contribution in [0.4, 0.5) is 17.1 Å². The van der Waals surface area contributed by atoms with Gasteiger partial charge < -0.3 is 39.1 Å². The van der Waals surface area contributed by atoms with E-state index in [-0.39, 0.29) is 29.9 Å². The number of aromatic nitrogens is 2. The maximum absolute atomic E-state index is 11.6. The summed E-state index contributed by atoms with van der Waals surface area (Å²) in [6.45, 7) is 11.5. The van der Waals surface area contributed by atoms with Gasteiger partial charge in [-0.3, -0.25) is 4.79 Å². The molecule has 36 heavy (non-hydrogen) atoms. The zero-order valence-corrected chi connectivity index (χ0v) is 24.6. The Morgan fingerprint density at radius 3 is 2.22 bits per heavy atom. The highest BCUT2D eigenvalue weighted by molar-refractivity contribution is 6.42. The van der Waals surface area contributed by atoms with E-state index in [1.54, 1.807) is 0 Å². The van der Waals surface area contributed by atoms with E-state index in [0.29, 0.717) is 10.0 Å². The molecule has 190 valence electrons. The lowest BCUT2D eigenvalue weighted by atomic mass is 10.2. The predicted octanol–water partition coefficient (Wildman–Crippen LogP) is 3.21. The Hall–Kier alpha value is -2.23. The predicted molar refractivity (Wildman–Crippen MR) is 145 cm³/mol. The summed E-state index contributed by atoms with van der Waals surface area (Å²) in [6.07, 6.45) is 5.44. The quantitative estimate of drug-likeness (QED) is 0.345. The highest BCUT2D eigenvalue weighted by atomic mass is 127. The molecule has 9 heteroatoms. The fourth-order valence-corrected chi connectivity index (χ4v) is 5.70. The number of aryl methyl sites for hydroxylation is 2. The van der Waals surface area contributed by atoms with Crippen LogP contribution in [0.25, 0.3) is 16.6 Å². The minimum Gasteiger partial charge on any atom is -1.00 e. The molecule has 2 aliphatic heterocycles. The third-order valence-corrected chi connectivity index (χ3v) is 7.54. The highest BCUT2D eigenvalue weighted by Gasteiger charge is 2.34. The van der Waals surface area contributed by atoms with Crippen LogP contribution in [0.1, 0.15) is 39.9 Å². The van der Waals surface area contributed by atoms with E-state index in [2.05, 4.69) is 69.3 Å². The molecule has 3 aromatic rings. The van der Waals surface area contributed by atoms with Crippen LogP contribution in [-0.2, 0) is 17.9 Å². The second-order valence-electron chi connectivity index (χ2n) is 8.81. The monoisotopic (exact) mass is 637 g/mol. The number of allylic oxidation sites excluding steroid dienone is 3. The van der Waals surface area contributed by atoms with Gasteiger partial charge in [0, 0.05) is 43.8 Å². The molecule has 0 atom stereocenters. The van der Waals surface area contributed by atoms with Gasteiger partial charge in [0.1, 0.15) is 5.82 Å². The van der Waals surface area contributed by atoms with Crippen LogP contribution in [0, 0.1) is 0 Å². The minimum absolute atomic E-state index is 0. The molecule has 0 bridgehead atoms. The smallest absolute Gasteiger partial charge is 0.285 e. The number of fused-ring (bicyclic) bond motifs is 4. The van der Waals surface area contributed by atoms with Crippen molar-refractivity contribution >= 4 is 62.8 Å². The molecule has 0 saturated heterocycles. The van der Waals surface area contributed by atoms with Gasteiger partial charge in [0.25, 0.3) is 5.82 Å². The first-order chi connectivity index (χ1) is 16.9. The summed E-state index contributed by atoms with van der Waals surface area (Å²) < 4.78 is 4.73. The Kier molecular flexibility index (Phi) is 7.92. The number of amides is 1. The Balaban J connectivity index is 0.00000304. The lowest BCUT2D eigenvalue weighted by molar-refractivity contribution is -0.670. The zero-order chi connectivity index (χ0) is 24.9. The molecule has 0 unspecified atom stereocenters. The van der Waals surface area contributed by atoms with Crippen LogP contribution in [0.15, 0.2) is 48.3 Å². The van der Waals surface area contributed by atoms with Crippen molar-refractivity contribution in [1.82, 2.24) is 4.57 Å². The normalized spacial score (nSPS) is 15.4. The SMILES string of the molecule is CCN1C(=CC=C2CCn3c2[n+](CC)c2ccc(NC(C)=O)cc23)N(CC)c2cc(Cl)c(Cl)cc21.[I-]. The van der Waals surface area contributed by atoms with Crippen molar-refractivity contribution in [1.29, 1.82) is 0 Å². The molecule has 1 amide bonds. The highest BCUT2D eigenvalue weighted by Crippen LogP contribution is 2.45. The van der Waals surface area contributed by atoms with Crippen molar-refractivity contribution in [3.63, 3.8) is 0 Å². The van der Waals surface area contributed by atoms with Gasteiger partial charge in [-0.1, -0.05) is 23.2 Å². The molecule has 2 aromatic carbocycles. The van der Waals surface area contributed by atoms with E-state index in [1.807, 2.05) is 18.2 Å². The first-order valence-corrected chi connectivity index (χ1v) is 12.9. The number of halogens is 3. The Bertz CT molecular complexity index is 1370. The van der Waals surface area contributed by atoms with Crippen molar-refractivity contribution in [2.75, 3.05) is 28.2 Å². The topological polar surface area (TPSA) is 44.4 Å². The van der Waals surface area contributed by atoms with Gasteiger partial charge in [0.05, 0.1) is 34.5 Å². The summed E-state index contributed by atoms with van der Waals surface area (Å²) in [4.78, 5) is 16.1. The summed E-state index contributed by atoms with van der Waals surface area (Å²) in [5.41, 5.74) is 6.62. The van der Waals surface area contributed by atoms with Crippen LogP contribution in [0.5, 0.6) is 0 Å². The van der Waals surface area contributed by atoms with E-state index in [9.17, 15) is 4.79 Å². The number of benzene rings is 2. The first kappa shape index (κ1) is 26.8. The molecule has 0 spiro atoms. The number of imidazole rings is 1. The second kappa shape index (κ2) is 10.6. The van der Waals surface area contributed by atoms with Gasteiger partial charge in [0.15, 0.2) is 11.0 Å². The molecular weight excluding hydrogens is 608 g/mol. The fourth-order valence-electron chi connectivity index (χ4n) is 5.39. The van der Waals surface area contributed by atoms with Crippen LogP contribution in [0.3, 0.4) is 0 Å². The van der Waals surface area contributed by atoms with Gasteiger partial charge in [-0.2, -0.15) is 0 Å². The van der Waals surface area contributed by atoms with Gasteiger partial charge in [-0.05, 0) is 57.2 Å². The van der Waals surface area contributed by atoms with Crippen molar-refractivity contribution in [2.45, 2.75) is 47.2 Å². The molecule has 1 N–H and O–H groups in total. The average molecular weight is 638 g/mol. The molecule has 6 nitrogen and oxygen atoms in total. The number of hydrogen-bond donors (Lipinski definition) is 1. The standard InChI is InChI=1S/C27H29Cl2N5O.HI/c1-5-31-24-15-20(28)21(29)16-25(24)32(6-2)26(31)11-8-18-12-13-34-23-14-19(30-17(4)35)9-10-22(23)33(7-3)27(18)34;/h8-11,14-16H,5-7,12-13H2,1-4H3;1H. The molecule has 2 aliphatic rings. The van der Waals surface area contributed by atoms with E-state index in [1.165, 1.54) is 23.8 Å². The number of rotatable bonds is 5. The van der Waals surface area contributed by atoms with E-state index < -0.39 is 0 Å². The van der Waals surface area contributed by atoms with Gasteiger partial charge in [-0.15, -0.1) is 0 Å². The number of hydrogen-bond acceptors (Lipinski definition) is 3. The second-order valence-corrected chi connectivity index (χ2v) is 9.63. The Labute approximate surface area is 239 Å².